The molecule has 0 spiro atoms. The van der Waals surface area contributed by atoms with Crippen molar-refractivity contribution >= 4 is 11.6 Å². The molecule has 0 aromatic carbocycles. The third-order valence-corrected chi connectivity index (χ3v) is 4.45. The highest BCUT2D eigenvalue weighted by Gasteiger charge is 2.34. The second kappa shape index (κ2) is 6.25. The summed E-state index contributed by atoms with van der Waals surface area (Å²) in [5.74, 6) is 0. The van der Waals surface area contributed by atoms with Crippen LogP contribution in [0, 0.1) is 12.3 Å². The molecule has 1 atom stereocenters. The predicted octanol–water partition coefficient (Wildman–Crippen LogP) is 2.33. The van der Waals surface area contributed by atoms with Gasteiger partial charge in [-0.05, 0) is 32.7 Å². The van der Waals surface area contributed by atoms with Crippen molar-refractivity contribution in [3.8, 4) is 0 Å². The Balaban J connectivity index is 2.19. The van der Waals surface area contributed by atoms with E-state index in [-0.39, 0.29) is 5.41 Å². The van der Waals surface area contributed by atoms with Crippen LogP contribution in [0.3, 0.4) is 0 Å². The molecule has 2 heterocycles. The summed E-state index contributed by atoms with van der Waals surface area (Å²) < 4.78 is 7.49. The molecule has 0 aliphatic carbocycles. The van der Waals surface area contributed by atoms with Crippen LogP contribution in [0.5, 0.6) is 0 Å². The van der Waals surface area contributed by atoms with Crippen molar-refractivity contribution in [3.05, 3.63) is 16.4 Å². The SMILES string of the molecule is CCNCC1(Cc2c(C)nn(C)c2Cl)CCCOC1. The Morgan fingerprint density at radius 3 is 2.84 bits per heavy atom. The van der Waals surface area contributed by atoms with Crippen LogP contribution < -0.4 is 5.32 Å². The average Bonchev–Trinajstić information content (AvgIpc) is 2.64. The van der Waals surface area contributed by atoms with Gasteiger partial charge in [0.1, 0.15) is 5.15 Å². The topological polar surface area (TPSA) is 39.1 Å². The van der Waals surface area contributed by atoms with Crippen LogP contribution in [0.2, 0.25) is 5.15 Å². The Kier molecular flexibility index (Phi) is 4.87. The first-order valence-corrected chi connectivity index (χ1v) is 7.42. The van der Waals surface area contributed by atoms with Crippen LogP contribution >= 0.6 is 11.6 Å². The molecule has 0 radical (unpaired) electrons. The second-order valence-electron chi connectivity index (χ2n) is 5.59. The zero-order chi connectivity index (χ0) is 13.9. The van der Waals surface area contributed by atoms with Gasteiger partial charge in [-0.15, -0.1) is 0 Å². The molecule has 4 nitrogen and oxygen atoms in total. The standard InChI is InChI=1S/C14H24ClN3O/c1-4-16-9-14(6-5-7-19-10-14)8-12-11(2)17-18(3)13(12)15/h16H,4-10H2,1-3H3. The van der Waals surface area contributed by atoms with Crippen LogP contribution in [0.15, 0.2) is 0 Å². The maximum atomic E-state index is 6.37. The minimum absolute atomic E-state index is 0.158. The first-order chi connectivity index (χ1) is 9.08. The molecule has 1 aromatic heterocycles. The van der Waals surface area contributed by atoms with E-state index in [1.807, 2.05) is 14.0 Å². The summed E-state index contributed by atoms with van der Waals surface area (Å²) in [5, 5.41) is 8.65. The minimum atomic E-state index is 0.158. The summed E-state index contributed by atoms with van der Waals surface area (Å²) in [6.45, 7) is 7.83. The summed E-state index contributed by atoms with van der Waals surface area (Å²) in [5.41, 5.74) is 2.37. The third-order valence-electron chi connectivity index (χ3n) is 3.98. The summed E-state index contributed by atoms with van der Waals surface area (Å²) in [6.07, 6.45) is 3.26. The molecule has 1 aromatic rings. The van der Waals surface area contributed by atoms with Gasteiger partial charge in [-0.3, -0.25) is 4.68 Å². The van der Waals surface area contributed by atoms with Crippen molar-refractivity contribution in [1.29, 1.82) is 0 Å². The lowest BCUT2D eigenvalue weighted by atomic mass is 9.77. The molecular weight excluding hydrogens is 262 g/mol. The zero-order valence-corrected chi connectivity index (χ0v) is 12.9. The molecule has 2 rings (SSSR count). The average molecular weight is 286 g/mol. The molecule has 0 amide bonds. The van der Waals surface area contributed by atoms with E-state index in [0.29, 0.717) is 0 Å². The van der Waals surface area contributed by atoms with E-state index in [2.05, 4.69) is 17.3 Å². The Morgan fingerprint density at radius 2 is 2.32 bits per heavy atom. The highest BCUT2D eigenvalue weighted by atomic mass is 35.5. The predicted molar refractivity (Wildman–Crippen MR) is 77.7 cm³/mol. The molecule has 1 N–H and O–H groups in total. The lowest BCUT2D eigenvalue weighted by molar-refractivity contribution is -0.00696. The molecular formula is C14H24ClN3O. The van der Waals surface area contributed by atoms with Gasteiger partial charge in [0.25, 0.3) is 0 Å². The summed E-state index contributed by atoms with van der Waals surface area (Å²) in [7, 11) is 1.90. The fraction of sp³-hybridized carbons (Fsp3) is 0.786. The molecule has 108 valence electrons. The molecule has 1 aliphatic heterocycles. The van der Waals surface area contributed by atoms with Crippen molar-refractivity contribution in [2.24, 2.45) is 12.5 Å². The van der Waals surface area contributed by atoms with Gasteiger partial charge < -0.3 is 10.1 Å². The number of aromatic nitrogens is 2. The van der Waals surface area contributed by atoms with Gasteiger partial charge >= 0.3 is 0 Å². The van der Waals surface area contributed by atoms with Gasteiger partial charge in [-0.2, -0.15) is 5.10 Å². The molecule has 1 aliphatic rings. The molecule has 1 saturated heterocycles. The second-order valence-corrected chi connectivity index (χ2v) is 5.95. The van der Waals surface area contributed by atoms with Crippen molar-refractivity contribution in [2.45, 2.75) is 33.1 Å². The lowest BCUT2D eigenvalue weighted by Gasteiger charge is -2.37. The van der Waals surface area contributed by atoms with Gasteiger partial charge in [0.15, 0.2) is 0 Å². The van der Waals surface area contributed by atoms with E-state index in [1.165, 1.54) is 12.0 Å². The van der Waals surface area contributed by atoms with Crippen LogP contribution in [0.25, 0.3) is 0 Å². The van der Waals surface area contributed by atoms with E-state index in [4.69, 9.17) is 16.3 Å². The molecule has 1 unspecified atom stereocenters. The third kappa shape index (κ3) is 3.30. The van der Waals surface area contributed by atoms with Gasteiger partial charge in [0, 0.05) is 31.2 Å². The maximum Gasteiger partial charge on any atom is 0.130 e. The number of halogens is 1. The van der Waals surface area contributed by atoms with E-state index in [0.717, 1.165) is 50.0 Å². The number of hydrogen-bond donors (Lipinski definition) is 1. The number of rotatable bonds is 5. The largest absolute Gasteiger partial charge is 0.381 e. The highest BCUT2D eigenvalue weighted by Crippen LogP contribution is 2.35. The Morgan fingerprint density at radius 1 is 1.53 bits per heavy atom. The monoisotopic (exact) mass is 285 g/mol. The number of nitrogens with zero attached hydrogens (tertiary/aromatic N) is 2. The zero-order valence-electron chi connectivity index (χ0n) is 12.1. The first-order valence-electron chi connectivity index (χ1n) is 7.04. The van der Waals surface area contributed by atoms with Crippen molar-refractivity contribution in [1.82, 2.24) is 15.1 Å². The van der Waals surface area contributed by atoms with Crippen LogP contribution in [0.1, 0.15) is 31.0 Å². The number of hydrogen-bond acceptors (Lipinski definition) is 3. The Hall–Kier alpha value is -0.580. The van der Waals surface area contributed by atoms with E-state index < -0.39 is 0 Å². The first kappa shape index (κ1) is 14.8. The quantitative estimate of drug-likeness (QED) is 0.902. The summed E-state index contributed by atoms with van der Waals surface area (Å²) in [4.78, 5) is 0. The molecule has 5 heteroatoms. The highest BCUT2D eigenvalue weighted by molar-refractivity contribution is 6.30. The summed E-state index contributed by atoms with van der Waals surface area (Å²) >= 11 is 6.37. The fourth-order valence-electron chi connectivity index (χ4n) is 2.89. The van der Waals surface area contributed by atoms with Gasteiger partial charge in [0.2, 0.25) is 0 Å². The smallest absolute Gasteiger partial charge is 0.130 e. The van der Waals surface area contributed by atoms with Crippen LogP contribution in [-0.4, -0.2) is 36.1 Å². The van der Waals surface area contributed by atoms with E-state index in [1.54, 1.807) is 4.68 Å². The van der Waals surface area contributed by atoms with Crippen molar-refractivity contribution in [2.75, 3.05) is 26.3 Å². The van der Waals surface area contributed by atoms with Crippen molar-refractivity contribution in [3.63, 3.8) is 0 Å². The molecule has 0 saturated carbocycles. The molecule has 0 bridgehead atoms. The number of aryl methyl sites for hydroxylation is 2. The van der Waals surface area contributed by atoms with E-state index in [9.17, 15) is 0 Å². The van der Waals surface area contributed by atoms with Gasteiger partial charge in [-0.1, -0.05) is 18.5 Å². The van der Waals surface area contributed by atoms with Crippen LogP contribution in [0.4, 0.5) is 0 Å². The lowest BCUT2D eigenvalue weighted by Crippen LogP contribution is -2.42. The number of ether oxygens (including phenoxy) is 1. The summed E-state index contributed by atoms with van der Waals surface area (Å²) in [6, 6.07) is 0. The normalized spacial score (nSPS) is 23.8. The minimum Gasteiger partial charge on any atom is -0.381 e. The van der Waals surface area contributed by atoms with Crippen LogP contribution in [-0.2, 0) is 18.2 Å². The molecule has 19 heavy (non-hydrogen) atoms. The molecule has 1 fully saturated rings. The number of nitrogens with one attached hydrogen (secondary N) is 1. The maximum absolute atomic E-state index is 6.37. The Labute approximate surface area is 120 Å². The Bertz CT molecular complexity index is 425. The van der Waals surface area contributed by atoms with Crippen molar-refractivity contribution < 1.29 is 4.74 Å². The van der Waals surface area contributed by atoms with E-state index >= 15 is 0 Å². The van der Waals surface area contributed by atoms with Gasteiger partial charge in [-0.25, -0.2) is 0 Å². The fourth-order valence-corrected chi connectivity index (χ4v) is 3.13. The van der Waals surface area contributed by atoms with Gasteiger partial charge in [0.05, 0.1) is 12.3 Å².